The van der Waals surface area contributed by atoms with Crippen molar-refractivity contribution in [1.82, 2.24) is 15.6 Å². The third-order valence-electron chi connectivity index (χ3n) is 2.59. The van der Waals surface area contributed by atoms with Gasteiger partial charge in [0.05, 0.1) is 23.2 Å². The van der Waals surface area contributed by atoms with Crippen molar-refractivity contribution in [3.05, 3.63) is 16.1 Å². The minimum absolute atomic E-state index is 0.338. The first-order chi connectivity index (χ1) is 8.40. The van der Waals surface area contributed by atoms with Gasteiger partial charge in [-0.3, -0.25) is 4.79 Å². The highest BCUT2D eigenvalue weighted by atomic mass is 32.1. The van der Waals surface area contributed by atoms with Crippen molar-refractivity contribution in [1.29, 1.82) is 0 Å². The highest BCUT2D eigenvalue weighted by Crippen LogP contribution is 2.07. The van der Waals surface area contributed by atoms with Crippen LogP contribution in [-0.4, -0.2) is 28.1 Å². The molecule has 1 aromatic rings. The Morgan fingerprint density at radius 3 is 2.67 bits per heavy atom. The number of thiazole rings is 1. The second-order valence-electron chi connectivity index (χ2n) is 4.10. The molecule has 6 nitrogen and oxygen atoms in total. The maximum Gasteiger partial charge on any atom is 0.315 e. The van der Waals surface area contributed by atoms with Crippen LogP contribution >= 0.6 is 11.3 Å². The molecule has 7 heteroatoms. The number of nitrogens with zero attached hydrogens (tertiary/aromatic N) is 1. The molecule has 0 aliphatic heterocycles. The number of aryl methyl sites for hydroxylation is 1. The molecule has 0 spiro atoms. The van der Waals surface area contributed by atoms with Crippen molar-refractivity contribution < 1.29 is 14.7 Å². The molecule has 100 valence electrons. The Hall–Kier alpha value is -1.63. The van der Waals surface area contributed by atoms with Crippen molar-refractivity contribution in [2.24, 2.45) is 5.92 Å². The van der Waals surface area contributed by atoms with Crippen LogP contribution in [0.4, 0.5) is 4.79 Å². The fraction of sp³-hybridized carbons (Fsp3) is 0.545. The first-order valence-corrected chi connectivity index (χ1v) is 6.46. The summed E-state index contributed by atoms with van der Waals surface area (Å²) in [6, 6.07) is -0.819. The van der Waals surface area contributed by atoms with Crippen molar-refractivity contribution >= 4 is 23.3 Å². The summed E-state index contributed by atoms with van der Waals surface area (Å²) in [4.78, 5) is 26.5. The maximum atomic E-state index is 11.5. The van der Waals surface area contributed by atoms with Gasteiger partial charge in [0.15, 0.2) is 0 Å². The number of nitrogens with one attached hydrogen (secondary N) is 2. The smallest absolute Gasteiger partial charge is 0.315 e. The third-order valence-corrected chi connectivity index (χ3v) is 3.42. The van der Waals surface area contributed by atoms with E-state index >= 15 is 0 Å². The monoisotopic (exact) mass is 271 g/mol. The molecule has 0 radical (unpaired) electrons. The molecule has 2 amide bonds. The predicted octanol–water partition coefficient (Wildman–Crippen LogP) is 1.36. The number of hydrogen-bond acceptors (Lipinski definition) is 4. The maximum absolute atomic E-state index is 11.5. The number of rotatable bonds is 5. The van der Waals surface area contributed by atoms with E-state index in [1.54, 1.807) is 13.8 Å². The van der Waals surface area contributed by atoms with E-state index in [9.17, 15) is 9.59 Å². The van der Waals surface area contributed by atoms with Gasteiger partial charge in [-0.2, -0.15) is 0 Å². The Morgan fingerprint density at radius 1 is 1.50 bits per heavy atom. The number of carboxylic acid groups (broad SMARTS) is 1. The summed E-state index contributed by atoms with van der Waals surface area (Å²) >= 11 is 1.52. The van der Waals surface area contributed by atoms with E-state index in [1.807, 2.05) is 12.3 Å². The van der Waals surface area contributed by atoms with E-state index < -0.39 is 17.9 Å². The molecule has 1 rings (SSSR count). The Morgan fingerprint density at radius 2 is 2.17 bits per heavy atom. The summed E-state index contributed by atoms with van der Waals surface area (Å²) in [6.45, 7) is 5.44. The lowest BCUT2D eigenvalue weighted by Gasteiger charge is -2.17. The van der Waals surface area contributed by atoms with Crippen LogP contribution in [0.5, 0.6) is 0 Å². The number of aromatic nitrogens is 1. The first-order valence-electron chi connectivity index (χ1n) is 5.58. The molecule has 0 aromatic carbocycles. The van der Waals surface area contributed by atoms with Crippen molar-refractivity contribution in [3.8, 4) is 0 Å². The summed E-state index contributed by atoms with van der Waals surface area (Å²) in [5.74, 6) is -1.56. The van der Waals surface area contributed by atoms with Gasteiger partial charge in [-0.25, -0.2) is 9.78 Å². The average Bonchev–Trinajstić information content (AvgIpc) is 2.71. The number of urea groups is 1. The molecule has 1 aromatic heterocycles. The lowest BCUT2D eigenvalue weighted by atomic mass is 10.0. The minimum atomic E-state index is -0.932. The molecule has 1 heterocycles. The second kappa shape index (κ2) is 6.34. The number of carbonyl (C=O) groups is 2. The van der Waals surface area contributed by atoms with E-state index in [-0.39, 0.29) is 6.03 Å². The summed E-state index contributed by atoms with van der Waals surface area (Å²) in [7, 11) is 0. The van der Waals surface area contributed by atoms with E-state index in [1.165, 1.54) is 11.3 Å². The van der Waals surface area contributed by atoms with Gasteiger partial charge in [-0.1, -0.05) is 0 Å². The Kier molecular flexibility index (Phi) is 5.08. The molecule has 18 heavy (non-hydrogen) atoms. The molecular formula is C11H17N3O3S. The van der Waals surface area contributed by atoms with Crippen LogP contribution in [0.2, 0.25) is 0 Å². The van der Waals surface area contributed by atoms with Gasteiger partial charge >= 0.3 is 12.0 Å². The largest absolute Gasteiger partial charge is 0.481 e. The predicted molar refractivity (Wildman–Crippen MR) is 68.5 cm³/mol. The number of hydrogen-bond donors (Lipinski definition) is 3. The molecule has 0 aliphatic rings. The lowest BCUT2D eigenvalue weighted by Crippen LogP contribution is -2.45. The van der Waals surface area contributed by atoms with Crippen LogP contribution in [0, 0.1) is 12.8 Å². The van der Waals surface area contributed by atoms with Gasteiger partial charge in [0.25, 0.3) is 0 Å². The standard InChI is InChI=1S/C11H17N3O3S/c1-6(10(15)16)7(2)13-11(17)12-4-9-5-18-8(3)14-9/h5-7H,4H2,1-3H3,(H,15,16)(H2,12,13,17). The van der Waals surface area contributed by atoms with Gasteiger partial charge in [-0.15, -0.1) is 11.3 Å². The normalized spacial score (nSPS) is 13.7. The Balaban J connectivity index is 2.35. The molecule has 2 atom stereocenters. The van der Waals surface area contributed by atoms with Crippen LogP contribution in [0.25, 0.3) is 0 Å². The van der Waals surface area contributed by atoms with E-state index in [2.05, 4.69) is 15.6 Å². The van der Waals surface area contributed by atoms with Crippen molar-refractivity contribution in [3.63, 3.8) is 0 Å². The quantitative estimate of drug-likeness (QED) is 0.754. The molecule has 0 bridgehead atoms. The SMILES string of the molecule is Cc1nc(CNC(=O)NC(C)C(C)C(=O)O)cs1. The van der Waals surface area contributed by atoms with Gasteiger partial charge in [0.2, 0.25) is 0 Å². The highest BCUT2D eigenvalue weighted by molar-refractivity contribution is 7.09. The van der Waals surface area contributed by atoms with Gasteiger partial charge in [0.1, 0.15) is 0 Å². The lowest BCUT2D eigenvalue weighted by molar-refractivity contribution is -0.141. The van der Waals surface area contributed by atoms with Gasteiger partial charge < -0.3 is 15.7 Å². The fourth-order valence-corrected chi connectivity index (χ4v) is 1.87. The number of amides is 2. The highest BCUT2D eigenvalue weighted by Gasteiger charge is 2.20. The Bertz CT molecular complexity index is 433. The van der Waals surface area contributed by atoms with Crippen LogP contribution in [0.3, 0.4) is 0 Å². The van der Waals surface area contributed by atoms with E-state index in [0.717, 1.165) is 10.7 Å². The molecule has 0 aliphatic carbocycles. The zero-order valence-electron chi connectivity index (χ0n) is 10.6. The fourth-order valence-electron chi connectivity index (χ4n) is 1.26. The third kappa shape index (κ3) is 4.33. The number of aliphatic carboxylic acids is 1. The molecule has 0 saturated carbocycles. The molecule has 0 fully saturated rings. The zero-order valence-corrected chi connectivity index (χ0v) is 11.4. The van der Waals surface area contributed by atoms with E-state index in [4.69, 9.17) is 5.11 Å². The zero-order chi connectivity index (χ0) is 13.7. The minimum Gasteiger partial charge on any atom is -0.481 e. The topological polar surface area (TPSA) is 91.3 Å². The molecule has 0 saturated heterocycles. The summed E-state index contributed by atoms with van der Waals surface area (Å²) < 4.78 is 0. The number of carboxylic acids is 1. The van der Waals surface area contributed by atoms with Crippen molar-refractivity contribution in [2.45, 2.75) is 33.4 Å². The summed E-state index contributed by atoms with van der Waals surface area (Å²) in [6.07, 6.45) is 0. The van der Waals surface area contributed by atoms with Crippen LogP contribution in [-0.2, 0) is 11.3 Å². The summed E-state index contributed by atoms with van der Waals surface area (Å²) in [5, 5.41) is 16.8. The number of carbonyl (C=O) groups excluding carboxylic acids is 1. The molecule has 3 N–H and O–H groups in total. The van der Waals surface area contributed by atoms with Crippen LogP contribution in [0.15, 0.2) is 5.38 Å². The molecule has 2 unspecified atom stereocenters. The van der Waals surface area contributed by atoms with Gasteiger partial charge in [-0.05, 0) is 20.8 Å². The second-order valence-corrected chi connectivity index (χ2v) is 5.16. The van der Waals surface area contributed by atoms with Crippen molar-refractivity contribution in [2.75, 3.05) is 0 Å². The van der Waals surface area contributed by atoms with Crippen LogP contribution in [0.1, 0.15) is 24.5 Å². The Labute approximate surface area is 109 Å². The van der Waals surface area contributed by atoms with E-state index in [0.29, 0.717) is 6.54 Å². The summed E-state index contributed by atoms with van der Waals surface area (Å²) in [5.41, 5.74) is 0.798. The molecular weight excluding hydrogens is 254 g/mol. The van der Waals surface area contributed by atoms with Gasteiger partial charge in [0, 0.05) is 11.4 Å². The first kappa shape index (κ1) is 14.4. The average molecular weight is 271 g/mol. The van der Waals surface area contributed by atoms with Crippen LogP contribution < -0.4 is 10.6 Å².